The molecule has 8 atom stereocenters. The maximum Gasteiger partial charge on any atom is 0.410 e. The Kier molecular flexibility index (Phi) is 17.5. The third-order valence-electron chi connectivity index (χ3n) is 16.7. The first-order valence-electron chi connectivity index (χ1n) is 27.6. The molecule has 12 heteroatoms. The van der Waals surface area contributed by atoms with E-state index >= 15 is 9.59 Å². The summed E-state index contributed by atoms with van der Waals surface area (Å²) in [6, 6.07) is 42.7. The van der Waals surface area contributed by atoms with E-state index in [1.54, 1.807) is 4.90 Å². The quantitative estimate of drug-likeness (QED) is 0.0517. The molecular weight excluding hydrogens is 957 g/mol. The molecule has 1 saturated heterocycles. The van der Waals surface area contributed by atoms with E-state index in [2.05, 4.69) is 76.6 Å². The number of benzene rings is 5. The van der Waals surface area contributed by atoms with Crippen LogP contribution in [0.5, 0.6) is 0 Å². The number of nitrogens with one attached hydrogen (secondary N) is 3. The van der Waals surface area contributed by atoms with E-state index in [1.807, 2.05) is 107 Å². The largest absolute Gasteiger partial charge is 0.461 e. The summed E-state index contributed by atoms with van der Waals surface area (Å²) in [5.41, 5.74) is 7.43. The van der Waals surface area contributed by atoms with Crippen LogP contribution in [0.4, 0.5) is 4.79 Å². The predicted octanol–water partition coefficient (Wildman–Crippen LogP) is 11.3. The van der Waals surface area contributed by atoms with Crippen LogP contribution in [-0.4, -0.2) is 83.4 Å². The zero-order valence-corrected chi connectivity index (χ0v) is 44.8. The summed E-state index contributed by atoms with van der Waals surface area (Å²) in [7, 11) is 0. The van der Waals surface area contributed by atoms with Crippen molar-refractivity contribution in [1.82, 2.24) is 20.9 Å². The van der Waals surface area contributed by atoms with Gasteiger partial charge in [-0.15, -0.1) is 11.8 Å². The molecular formula is C63H74N4O7S. The number of fused-ring (bicyclic) bond motifs is 4. The first kappa shape index (κ1) is 53.4. The average Bonchev–Trinajstić information content (AvgIpc) is 4.20. The van der Waals surface area contributed by atoms with Gasteiger partial charge in [0.05, 0.1) is 4.75 Å². The molecule has 0 radical (unpaired) electrons. The Hall–Kier alpha value is -6.40. The fourth-order valence-electron chi connectivity index (χ4n) is 12.2. The second-order valence-corrected chi connectivity index (χ2v) is 22.5. The molecule has 0 unspecified atom stereocenters. The van der Waals surface area contributed by atoms with Gasteiger partial charge in [0.1, 0.15) is 36.9 Å². The van der Waals surface area contributed by atoms with E-state index in [1.165, 1.54) is 11.8 Å². The smallest absolute Gasteiger partial charge is 0.410 e. The zero-order chi connectivity index (χ0) is 52.5. The molecule has 5 aromatic carbocycles. The van der Waals surface area contributed by atoms with Gasteiger partial charge in [0, 0.05) is 17.7 Å². The van der Waals surface area contributed by atoms with Crippen molar-refractivity contribution >= 4 is 41.5 Å². The van der Waals surface area contributed by atoms with E-state index in [0.717, 1.165) is 90.3 Å². The molecule has 1 heterocycles. The summed E-state index contributed by atoms with van der Waals surface area (Å²) in [5.74, 6) is -2.50. The molecule has 9 rings (SSSR count). The van der Waals surface area contributed by atoms with Gasteiger partial charge >= 0.3 is 12.1 Å². The van der Waals surface area contributed by atoms with Gasteiger partial charge in [0.2, 0.25) is 17.7 Å². The number of likely N-dealkylation sites (tertiary alicyclic amines) is 1. The fraction of sp³-hybridized carbons (Fsp3) is 0.444. The molecule has 394 valence electrons. The van der Waals surface area contributed by atoms with Gasteiger partial charge in [-0.1, -0.05) is 193 Å². The number of carbonyl (C=O) groups excluding carboxylic acids is 5. The number of amides is 4. The molecule has 11 nitrogen and oxygen atoms in total. The van der Waals surface area contributed by atoms with Crippen LogP contribution < -0.4 is 16.0 Å². The summed E-state index contributed by atoms with van der Waals surface area (Å²) in [5, 5.41) is 9.35. The number of thioether (sulfide) groups is 1. The molecule has 0 spiro atoms. The average molecular weight is 1030 g/mol. The van der Waals surface area contributed by atoms with Gasteiger partial charge in [0.25, 0.3) is 0 Å². The molecule has 4 aliphatic rings. The minimum Gasteiger partial charge on any atom is -0.461 e. The van der Waals surface area contributed by atoms with Crippen molar-refractivity contribution in [2.24, 2.45) is 17.8 Å². The molecule has 2 saturated carbocycles. The first-order valence-corrected chi connectivity index (χ1v) is 28.6. The number of hydrogen-bond acceptors (Lipinski definition) is 8. The molecule has 4 amide bonds. The summed E-state index contributed by atoms with van der Waals surface area (Å²) >= 11 is 1.53. The standard InChI is InChI=1S/C63H74N4O7S/c1-5-41(3)56(65-59(69)55-38-43-24-16-23-37-54(43)67(55)62(72)73-39-52-50-35-21-19-33-48(50)49-34-20-22-36-51(49)52)60(70)64-53(58(68)66-57(42(4)6-2)61(71)74-47-31-17-18-32-47)40-75-63(44-25-10-7-11-26-44,45-27-12-8-13-28-45)46-29-14-9-15-30-46/h7-15,19-22,25-30,33-36,41-43,47,52-57H,5-6,16-18,23-24,31-32,37-40H2,1-4H3,(H,64,70)(H,65,69)(H,66,68)/t41-,42-,43-,53-,54-,55-,56-,57-/m0/s1. The van der Waals surface area contributed by atoms with E-state index in [0.29, 0.717) is 19.3 Å². The first-order chi connectivity index (χ1) is 36.5. The normalized spacial score (nSPS) is 20.3. The van der Waals surface area contributed by atoms with Crippen LogP contribution in [0, 0.1) is 17.8 Å². The highest BCUT2D eigenvalue weighted by atomic mass is 32.2. The van der Waals surface area contributed by atoms with Crippen LogP contribution in [0.15, 0.2) is 140 Å². The van der Waals surface area contributed by atoms with Crippen molar-refractivity contribution in [3.05, 3.63) is 167 Å². The molecule has 3 N–H and O–H groups in total. The molecule has 1 aliphatic heterocycles. The number of rotatable bonds is 20. The highest BCUT2D eigenvalue weighted by Gasteiger charge is 2.50. The SMILES string of the molecule is CC[C@H](C)[C@H](NC(=O)[C@@H]1C[C@@H]2CCCC[C@@H]2N1C(=O)OCC1c2ccccc2-c2ccccc21)C(=O)N[C@@H](CSC(c1ccccc1)(c1ccccc1)c1ccccc1)C(=O)N[C@H](C(=O)OC1CCCC1)[C@@H](C)CC. The Morgan fingerprint density at radius 3 is 1.68 bits per heavy atom. The Labute approximate surface area is 447 Å². The van der Waals surface area contributed by atoms with Crippen LogP contribution in [0.3, 0.4) is 0 Å². The van der Waals surface area contributed by atoms with Crippen LogP contribution in [0.25, 0.3) is 11.1 Å². The van der Waals surface area contributed by atoms with Crippen molar-refractivity contribution in [3.8, 4) is 11.1 Å². The lowest BCUT2D eigenvalue weighted by molar-refractivity contribution is -0.154. The van der Waals surface area contributed by atoms with Crippen LogP contribution in [-0.2, 0) is 33.4 Å². The molecule has 3 aliphatic carbocycles. The Morgan fingerprint density at radius 1 is 0.613 bits per heavy atom. The predicted molar refractivity (Wildman–Crippen MR) is 296 cm³/mol. The lowest BCUT2D eigenvalue weighted by atomic mass is 9.84. The minimum absolute atomic E-state index is 0.0872. The number of carbonyl (C=O) groups is 5. The van der Waals surface area contributed by atoms with Crippen molar-refractivity contribution < 1.29 is 33.4 Å². The van der Waals surface area contributed by atoms with Gasteiger partial charge < -0.3 is 25.4 Å². The molecule has 5 aromatic rings. The number of nitrogens with zero attached hydrogens (tertiary/aromatic N) is 1. The maximum absolute atomic E-state index is 15.2. The summed E-state index contributed by atoms with van der Waals surface area (Å²) in [6.07, 6.45) is 8.06. The number of ether oxygens (including phenoxy) is 2. The van der Waals surface area contributed by atoms with Gasteiger partial charge in [0.15, 0.2) is 0 Å². The van der Waals surface area contributed by atoms with Crippen molar-refractivity contribution in [3.63, 3.8) is 0 Å². The third-order valence-corrected chi connectivity index (χ3v) is 18.4. The highest BCUT2D eigenvalue weighted by molar-refractivity contribution is 8.00. The van der Waals surface area contributed by atoms with Crippen molar-refractivity contribution in [2.45, 2.75) is 145 Å². The van der Waals surface area contributed by atoms with Crippen LogP contribution in [0.1, 0.15) is 132 Å². The van der Waals surface area contributed by atoms with Gasteiger partial charge in [-0.25, -0.2) is 9.59 Å². The minimum atomic E-state index is -1.17. The van der Waals surface area contributed by atoms with E-state index in [9.17, 15) is 14.4 Å². The Morgan fingerprint density at radius 2 is 1.12 bits per heavy atom. The molecule has 0 bridgehead atoms. The molecule has 3 fully saturated rings. The highest BCUT2D eigenvalue weighted by Crippen LogP contribution is 2.49. The number of hydrogen-bond donors (Lipinski definition) is 3. The summed E-state index contributed by atoms with van der Waals surface area (Å²) in [6.45, 7) is 7.90. The fourth-order valence-corrected chi connectivity index (χ4v) is 13.7. The van der Waals surface area contributed by atoms with E-state index in [-0.39, 0.29) is 48.2 Å². The molecule has 75 heavy (non-hydrogen) atoms. The van der Waals surface area contributed by atoms with E-state index < -0.39 is 58.7 Å². The van der Waals surface area contributed by atoms with E-state index in [4.69, 9.17) is 9.47 Å². The van der Waals surface area contributed by atoms with Gasteiger partial charge in [-0.3, -0.25) is 19.3 Å². The molecule has 0 aromatic heterocycles. The zero-order valence-electron chi connectivity index (χ0n) is 44.0. The van der Waals surface area contributed by atoms with Crippen molar-refractivity contribution in [1.29, 1.82) is 0 Å². The third kappa shape index (κ3) is 11.6. The topological polar surface area (TPSA) is 143 Å². The Bertz CT molecular complexity index is 2610. The van der Waals surface area contributed by atoms with Gasteiger partial charge in [-0.2, -0.15) is 0 Å². The monoisotopic (exact) mass is 1030 g/mol. The van der Waals surface area contributed by atoms with Gasteiger partial charge in [-0.05, 0) is 102 Å². The maximum atomic E-state index is 15.2. The summed E-state index contributed by atoms with van der Waals surface area (Å²) < 4.78 is 11.4. The second kappa shape index (κ2) is 24.5. The summed E-state index contributed by atoms with van der Waals surface area (Å²) in [4.78, 5) is 75.5. The lowest BCUT2D eigenvalue weighted by Gasteiger charge is -2.37. The van der Waals surface area contributed by atoms with Crippen LogP contribution in [0.2, 0.25) is 0 Å². The Balaban J connectivity index is 0.998. The lowest BCUT2D eigenvalue weighted by Crippen LogP contribution is -2.60. The number of esters is 1. The van der Waals surface area contributed by atoms with Crippen LogP contribution >= 0.6 is 11.8 Å². The van der Waals surface area contributed by atoms with Crippen molar-refractivity contribution in [2.75, 3.05) is 12.4 Å². The second-order valence-electron chi connectivity index (χ2n) is 21.3.